The molecule has 0 aliphatic carbocycles. The monoisotopic (exact) mass is 311 g/mol. The molecule has 0 saturated carbocycles. The van der Waals surface area contributed by atoms with Gasteiger partial charge >= 0.3 is 0 Å². The Morgan fingerprint density at radius 2 is 2.27 bits per heavy atom. The minimum Gasteiger partial charge on any atom is -0.380 e. The van der Waals surface area contributed by atoms with Crippen LogP contribution in [0.1, 0.15) is 5.56 Å². The summed E-state index contributed by atoms with van der Waals surface area (Å²) in [6.07, 6.45) is 0. The summed E-state index contributed by atoms with van der Waals surface area (Å²) in [4.78, 5) is 0. The van der Waals surface area contributed by atoms with Crippen molar-refractivity contribution in [2.45, 2.75) is 6.92 Å². The third kappa shape index (κ3) is 3.67. The predicted octanol–water partition coefficient (Wildman–Crippen LogP) is 4.63. The molecule has 82 valence electrons. The summed E-state index contributed by atoms with van der Waals surface area (Å²) in [5.74, 6) is -0.311. The van der Waals surface area contributed by atoms with Crippen molar-refractivity contribution in [1.82, 2.24) is 0 Å². The average molecular weight is 313 g/mol. The SMILES string of the molecule is Cc1cc(Br)c(F)cc1NC/C(Cl)=C/Cl. The Labute approximate surface area is 106 Å². The van der Waals surface area contributed by atoms with Gasteiger partial charge in [-0.2, -0.15) is 0 Å². The number of nitrogens with one attached hydrogen (secondary N) is 1. The van der Waals surface area contributed by atoms with Crippen molar-refractivity contribution in [2.75, 3.05) is 11.9 Å². The summed E-state index contributed by atoms with van der Waals surface area (Å²) < 4.78 is 13.7. The van der Waals surface area contributed by atoms with E-state index < -0.39 is 0 Å². The first-order valence-electron chi connectivity index (χ1n) is 4.19. The van der Waals surface area contributed by atoms with E-state index in [-0.39, 0.29) is 5.82 Å². The van der Waals surface area contributed by atoms with Gasteiger partial charge in [0.05, 0.1) is 11.0 Å². The number of halogens is 4. The van der Waals surface area contributed by atoms with Gasteiger partial charge in [0.15, 0.2) is 0 Å². The van der Waals surface area contributed by atoms with Crippen molar-refractivity contribution in [3.63, 3.8) is 0 Å². The van der Waals surface area contributed by atoms with E-state index in [0.29, 0.717) is 21.7 Å². The van der Waals surface area contributed by atoms with Gasteiger partial charge in [-0.15, -0.1) is 0 Å². The zero-order valence-corrected chi connectivity index (χ0v) is 11.0. The number of aryl methyl sites for hydroxylation is 1. The van der Waals surface area contributed by atoms with E-state index in [9.17, 15) is 4.39 Å². The van der Waals surface area contributed by atoms with Gasteiger partial charge in [-0.25, -0.2) is 4.39 Å². The van der Waals surface area contributed by atoms with Crippen LogP contribution in [0.2, 0.25) is 0 Å². The Morgan fingerprint density at radius 1 is 1.60 bits per heavy atom. The summed E-state index contributed by atoms with van der Waals surface area (Å²) in [7, 11) is 0. The first kappa shape index (κ1) is 12.8. The van der Waals surface area contributed by atoms with E-state index in [4.69, 9.17) is 23.2 Å². The van der Waals surface area contributed by atoms with Crippen LogP contribution in [0, 0.1) is 12.7 Å². The van der Waals surface area contributed by atoms with Crippen LogP contribution in [0.15, 0.2) is 27.2 Å². The van der Waals surface area contributed by atoms with Crippen molar-refractivity contribution in [3.8, 4) is 0 Å². The Balaban J connectivity index is 2.82. The lowest BCUT2D eigenvalue weighted by Gasteiger charge is -2.09. The van der Waals surface area contributed by atoms with Gasteiger partial charge in [0, 0.05) is 16.3 Å². The summed E-state index contributed by atoms with van der Waals surface area (Å²) in [5, 5.41) is 3.46. The summed E-state index contributed by atoms with van der Waals surface area (Å²) >= 11 is 14.2. The molecule has 0 saturated heterocycles. The number of hydrogen-bond donors (Lipinski definition) is 1. The molecule has 0 unspecified atom stereocenters. The molecule has 0 aromatic heterocycles. The second-order valence-corrected chi connectivity index (χ2v) is 4.55. The van der Waals surface area contributed by atoms with E-state index in [1.54, 1.807) is 6.07 Å². The van der Waals surface area contributed by atoms with Crippen molar-refractivity contribution >= 4 is 44.8 Å². The van der Waals surface area contributed by atoms with Gasteiger partial charge in [0.1, 0.15) is 5.82 Å². The zero-order chi connectivity index (χ0) is 11.4. The third-order valence-electron chi connectivity index (χ3n) is 1.83. The van der Waals surface area contributed by atoms with Crippen LogP contribution in [0.4, 0.5) is 10.1 Å². The molecular formula is C10H9BrCl2FN. The second kappa shape index (κ2) is 5.73. The van der Waals surface area contributed by atoms with E-state index in [2.05, 4.69) is 21.2 Å². The fourth-order valence-corrected chi connectivity index (χ4v) is 1.66. The molecule has 1 aromatic rings. The quantitative estimate of drug-likeness (QED) is 0.858. The maximum absolute atomic E-state index is 13.2. The molecule has 0 aliphatic heterocycles. The summed E-state index contributed by atoms with van der Waals surface area (Å²) in [6.45, 7) is 2.26. The van der Waals surface area contributed by atoms with Crippen molar-refractivity contribution in [3.05, 3.63) is 38.6 Å². The number of rotatable bonds is 3. The molecule has 0 radical (unpaired) electrons. The smallest absolute Gasteiger partial charge is 0.139 e. The molecule has 5 heteroatoms. The number of anilines is 1. The summed E-state index contributed by atoms with van der Waals surface area (Å²) in [5.41, 5.74) is 2.91. The van der Waals surface area contributed by atoms with Gasteiger partial charge in [-0.05, 0) is 40.5 Å². The lowest BCUT2D eigenvalue weighted by Crippen LogP contribution is -2.03. The van der Waals surface area contributed by atoms with E-state index in [1.165, 1.54) is 11.6 Å². The van der Waals surface area contributed by atoms with E-state index >= 15 is 0 Å². The molecule has 1 N–H and O–H groups in total. The molecule has 0 amide bonds. The molecule has 0 bridgehead atoms. The Bertz CT molecular complexity index is 393. The second-order valence-electron chi connectivity index (χ2n) is 2.99. The minimum atomic E-state index is -0.311. The molecule has 0 fully saturated rings. The molecule has 1 rings (SSSR count). The van der Waals surface area contributed by atoms with Gasteiger partial charge < -0.3 is 5.32 Å². The average Bonchev–Trinajstić information content (AvgIpc) is 2.21. The van der Waals surface area contributed by atoms with Crippen LogP contribution < -0.4 is 5.32 Å². The van der Waals surface area contributed by atoms with Crippen LogP contribution >= 0.6 is 39.1 Å². The first-order valence-corrected chi connectivity index (χ1v) is 5.79. The lowest BCUT2D eigenvalue weighted by molar-refractivity contribution is 0.621. The van der Waals surface area contributed by atoms with Crippen LogP contribution in [0.25, 0.3) is 0 Å². The largest absolute Gasteiger partial charge is 0.380 e. The van der Waals surface area contributed by atoms with Crippen molar-refractivity contribution in [1.29, 1.82) is 0 Å². The van der Waals surface area contributed by atoms with Crippen LogP contribution in [0.3, 0.4) is 0 Å². The van der Waals surface area contributed by atoms with Gasteiger partial charge in [-0.1, -0.05) is 23.2 Å². The zero-order valence-electron chi connectivity index (χ0n) is 7.95. The van der Waals surface area contributed by atoms with Crippen LogP contribution in [0.5, 0.6) is 0 Å². The van der Waals surface area contributed by atoms with Crippen LogP contribution in [-0.4, -0.2) is 6.54 Å². The fraction of sp³-hybridized carbons (Fsp3) is 0.200. The molecule has 0 atom stereocenters. The third-order valence-corrected chi connectivity index (χ3v) is 3.06. The van der Waals surface area contributed by atoms with Gasteiger partial charge in [-0.3, -0.25) is 0 Å². The molecule has 1 nitrogen and oxygen atoms in total. The molecule has 0 aliphatic rings. The first-order chi connectivity index (χ1) is 7.04. The van der Waals surface area contributed by atoms with Crippen LogP contribution in [-0.2, 0) is 0 Å². The van der Waals surface area contributed by atoms with E-state index in [1.807, 2.05) is 6.92 Å². The number of hydrogen-bond acceptors (Lipinski definition) is 1. The highest BCUT2D eigenvalue weighted by molar-refractivity contribution is 9.10. The Hall–Kier alpha value is -0.250. The normalized spacial score (nSPS) is 11.7. The maximum Gasteiger partial charge on any atom is 0.139 e. The lowest BCUT2D eigenvalue weighted by atomic mass is 10.2. The van der Waals surface area contributed by atoms with Gasteiger partial charge in [0.25, 0.3) is 0 Å². The highest BCUT2D eigenvalue weighted by Crippen LogP contribution is 2.24. The Morgan fingerprint density at radius 3 is 2.87 bits per heavy atom. The molecule has 1 aromatic carbocycles. The molecule has 0 heterocycles. The maximum atomic E-state index is 13.2. The number of benzene rings is 1. The molecular weight excluding hydrogens is 304 g/mol. The van der Waals surface area contributed by atoms with Crippen molar-refractivity contribution in [2.24, 2.45) is 0 Å². The molecule has 0 spiro atoms. The predicted molar refractivity (Wildman–Crippen MR) is 67.1 cm³/mol. The summed E-state index contributed by atoms with van der Waals surface area (Å²) in [6, 6.07) is 3.12. The Kier molecular flexibility index (Phi) is 4.90. The standard InChI is InChI=1S/C10H9BrCl2FN/c1-6-2-8(11)9(14)3-10(6)15-5-7(13)4-12/h2-4,15H,5H2,1H3/b7-4-. The highest BCUT2D eigenvalue weighted by Gasteiger charge is 2.04. The van der Waals surface area contributed by atoms with Gasteiger partial charge in [0.2, 0.25) is 0 Å². The van der Waals surface area contributed by atoms with Crippen molar-refractivity contribution < 1.29 is 4.39 Å². The highest BCUT2D eigenvalue weighted by atomic mass is 79.9. The fourth-order valence-electron chi connectivity index (χ4n) is 1.05. The minimum absolute atomic E-state index is 0.311. The topological polar surface area (TPSA) is 12.0 Å². The molecule has 15 heavy (non-hydrogen) atoms. The van der Waals surface area contributed by atoms with E-state index in [0.717, 1.165) is 5.56 Å².